The van der Waals surface area contributed by atoms with Crippen molar-refractivity contribution in [1.29, 1.82) is 0 Å². The van der Waals surface area contributed by atoms with E-state index in [1.165, 1.54) is 96.3 Å². The molecule has 2 aromatic heterocycles. The molecule has 0 aliphatic carbocycles. The number of unbranched alkanes of at least 4 members (excludes halogenated alkanes) is 15. The second kappa shape index (κ2) is 19.6. The van der Waals surface area contributed by atoms with Gasteiger partial charge in [0.25, 0.3) is 0 Å². The summed E-state index contributed by atoms with van der Waals surface area (Å²) in [6, 6.07) is 6.92. The van der Waals surface area contributed by atoms with E-state index in [1.807, 2.05) is 6.07 Å². The van der Waals surface area contributed by atoms with Crippen molar-refractivity contribution in [2.45, 2.75) is 129 Å². The van der Waals surface area contributed by atoms with E-state index in [4.69, 9.17) is 32.7 Å². The number of carbonyl (C=O) groups excluding carboxylic acids is 1. The Morgan fingerprint density at radius 2 is 1.50 bits per heavy atom. The van der Waals surface area contributed by atoms with Crippen LogP contribution in [0.5, 0.6) is 5.88 Å². The molecule has 1 unspecified atom stereocenters. The van der Waals surface area contributed by atoms with E-state index in [1.54, 1.807) is 29.6 Å². The quantitative estimate of drug-likeness (QED) is 0.0522. The lowest BCUT2D eigenvalue weighted by molar-refractivity contribution is -0.147. The molecule has 1 N–H and O–H groups in total. The van der Waals surface area contributed by atoms with Gasteiger partial charge in [-0.25, -0.2) is 4.99 Å². The van der Waals surface area contributed by atoms with E-state index in [9.17, 15) is 4.79 Å². The topological polar surface area (TPSA) is 93.9 Å². The molecule has 0 saturated heterocycles. The molecule has 10 heteroatoms. The van der Waals surface area contributed by atoms with Crippen molar-refractivity contribution in [3.63, 3.8) is 0 Å². The Hall–Kier alpha value is -2.58. The van der Waals surface area contributed by atoms with Gasteiger partial charge in [-0.2, -0.15) is 9.61 Å². The van der Waals surface area contributed by atoms with Crippen molar-refractivity contribution in [2.75, 3.05) is 0 Å². The summed E-state index contributed by atoms with van der Waals surface area (Å²) in [5, 5.41) is 12.5. The first kappa shape index (κ1) is 33.9. The van der Waals surface area contributed by atoms with Crippen molar-refractivity contribution in [1.82, 2.24) is 19.8 Å². The molecule has 2 heterocycles. The fourth-order valence-corrected chi connectivity index (χ4v) is 5.20. The fraction of sp³-hybridized carbons (Fsp3) is 0.625. The zero-order chi connectivity index (χ0) is 30.0. The summed E-state index contributed by atoms with van der Waals surface area (Å²) in [4.78, 5) is 16.3. The van der Waals surface area contributed by atoms with E-state index in [2.05, 4.69) is 27.2 Å². The van der Waals surface area contributed by atoms with Gasteiger partial charge in [-0.15, -0.1) is 5.10 Å². The minimum atomic E-state index is -0.639. The molecule has 3 aromatic rings. The van der Waals surface area contributed by atoms with E-state index in [-0.39, 0.29) is 5.97 Å². The number of rotatable bonds is 22. The molecule has 3 rings (SSSR count). The van der Waals surface area contributed by atoms with Gasteiger partial charge in [-0.1, -0.05) is 126 Å². The predicted octanol–water partition coefficient (Wildman–Crippen LogP) is 9.98. The zero-order valence-corrected chi connectivity index (χ0v) is 26.8. The van der Waals surface area contributed by atoms with Crippen molar-refractivity contribution in [3.05, 3.63) is 34.3 Å². The summed E-state index contributed by atoms with van der Waals surface area (Å²) in [6.45, 7) is 3.98. The number of nitrogens with zero attached hydrogens (tertiary/aromatic N) is 4. The highest BCUT2D eigenvalue weighted by Gasteiger charge is 2.13. The first-order valence-electron chi connectivity index (χ1n) is 15.7. The number of carbonyl (C=O) groups is 1. The van der Waals surface area contributed by atoms with Gasteiger partial charge in [0, 0.05) is 18.1 Å². The van der Waals surface area contributed by atoms with Crippen LogP contribution < -0.4 is 4.74 Å². The molecule has 1 aromatic carbocycles. The maximum Gasteiger partial charge on any atom is 0.307 e. The molecule has 0 spiro atoms. The molecule has 0 aliphatic rings. The number of fused-ring (bicyclic) bond motifs is 1. The molecule has 0 radical (unpaired) electrons. The van der Waals surface area contributed by atoms with Gasteiger partial charge in [-0.05, 0) is 31.5 Å². The smallest absolute Gasteiger partial charge is 0.307 e. The lowest BCUT2D eigenvalue weighted by Crippen LogP contribution is -2.13. The SMILES string of the molecule is CCCCCCCCCCCCCCCCCCC(=O)OC(C)/N=C/Oc1cc2[nH]nc(-c3ccc(Cl)c(Cl)c3)n2n1. The summed E-state index contributed by atoms with van der Waals surface area (Å²) in [6.07, 6.45) is 21.9. The van der Waals surface area contributed by atoms with Crippen LogP contribution in [0.15, 0.2) is 29.3 Å². The predicted molar refractivity (Wildman–Crippen MR) is 172 cm³/mol. The van der Waals surface area contributed by atoms with Gasteiger partial charge in [-0.3, -0.25) is 9.89 Å². The Bertz CT molecular complexity index is 1230. The van der Waals surface area contributed by atoms with Gasteiger partial charge in [0.15, 0.2) is 24.1 Å². The van der Waals surface area contributed by atoms with Crippen molar-refractivity contribution in [3.8, 4) is 17.3 Å². The van der Waals surface area contributed by atoms with E-state index in [0.29, 0.717) is 33.8 Å². The molecule has 0 fully saturated rings. The number of aromatic nitrogens is 4. The lowest BCUT2D eigenvalue weighted by Gasteiger charge is -2.08. The zero-order valence-electron chi connectivity index (χ0n) is 25.3. The van der Waals surface area contributed by atoms with Crippen LogP contribution >= 0.6 is 23.2 Å². The number of halogens is 2. The third kappa shape index (κ3) is 12.3. The van der Waals surface area contributed by atoms with Gasteiger partial charge < -0.3 is 9.47 Å². The molecule has 1 atom stereocenters. The first-order valence-corrected chi connectivity index (χ1v) is 16.5. The molecule has 0 amide bonds. The van der Waals surface area contributed by atoms with Crippen molar-refractivity contribution < 1.29 is 14.3 Å². The monoisotopic (exact) mass is 619 g/mol. The molecule has 232 valence electrons. The highest BCUT2D eigenvalue weighted by atomic mass is 35.5. The van der Waals surface area contributed by atoms with Crippen LogP contribution in [-0.4, -0.2) is 38.4 Å². The summed E-state index contributed by atoms with van der Waals surface area (Å²) in [5.74, 6) is 0.643. The molecule has 42 heavy (non-hydrogen) atoms. The first-order chi connectivity index (χ1) is 20.5. The highest BCUT2D eigenvalue weighted by molar-refractivity contribution is 6.42. The number of nitrogens with one attached hydrogen (secondary N) is 1. The molecular formula is C32H47Cl2N5O3. The van der Waals surface area contributed by atoms with E-state index in [0.717, 1.165) is 18.4 Å². The van der Waals surface area contributed by atoms with Crippen LogP contribution in [0, 0.1) is 0 Å². The van der Waals surface area contributed by atoms with E-state index >= 15 is 0 Å². The lowest BCUT2D eigenvalue weighted by atomic mass is 10.0. The van der Waals surface area contributed by atoms with Gasteiger partial charge in [0.1, 0.15) is 0 Å². The molecule has 0 saturated carbocycles. The van der Waals surface area contributed by atoms with Crippen LogP contribution in [-0.2, 0) is 9.53 Å². The Labute approximate surface area is 260 Å². The normalized spacial score (nSPS) is 12.4. The number of hydrogen-bond acceptors (Lipinski definition) is 6. The Morgan fingerprint density at radius 1 is 0.905 bits per heavy atom. The minimum Gasteiger partial charge on any atom is -0.440 e. The number of aliphatic imine (C=N–C) groups is 1. The molecule has 8 nitrogen and oxygen atoms in total. The van der Waals surface area contributed by atoms with E-state index < -0.39 is 6.23 Å². The standard InChI is InChI=1S/C32H47Cl2N5O3/c1-3-4-5-6-7-8-9-10-11-12-13-14-15-16-17-18-19-31(40)42-25(2)35-24-41-30-23-29-36-37-32(39(29)38-30)26-20-21-27(33)28(34)22-26/h20-25,36H,3-19H2,1-2H3/b35-24+. The molecule has 0 aliphatic heterocycles. The number of aromatic amines is 1. The van der Waals surface area contributed by atoms with Crippen LogP contribution in [0.3, 0.4) is 0 Å². The molecular weight excluding hydrogens is 573 g/mol. The number of esters is 1. The van der Waals surface area contributed by atoms with Gasteiger partial charge >= 0.3 is 5.97 Å². The largest absolute Gasteiger partial charge is 0.440 e. The third-order valence-corrected chi connectivity index (χ3v) is 8.06. The number of hydrogen-bond donors (Lipinski definition) is 1. The van der Waals surface area contributed by atoms with Crippen molar-refractivity contribution in [2.24, 2.45) is 4.99 Å². The van der Waals surface area contributed by atoms with Crippen LogP contribution in [0.2, 0.25) is 10.0 Å². The second-order valence-corrected chi connectivity index (χ2v) is 11.8. The Kier molecular flexibility index (Phi) is 15.8. The fourth-order valence-electron chi connectivity index (χ4n) is 4.90. The Balaban J connectivity index is 1.20. The average molecular weight is 621 g/mol. The molecule has 0 bridgehead atoms. The number of benzene rings is 1. The average Bonchev–Trinajstić information content (AvgIpc) is 3.55. The Morgan fingerprint density at radius 3 is 2.10 bits per heavy atom. The summed E-state index contributed by atoms with van der Waals surface area (Å²) >= 11 is 12.1. The van der Waals surface area contributed by atoms with Gasteiger partial charge in [0.2, 0.25) is 5.88 Å². The minimum absolute atomic E-state index is 0.238. The van der Waals surface area contributed by atoms with Crippen molar-refractivity contribution >= 4 is 41.2 Å². The summed E-state index contributed by atoms with van der Waals surface area (Å²) in [5.41, 5.74) is 1.39. The highest BCUT2D eigenvalue weighted by Crippen LogP contribution is 2.28. The maximum absolute atomic E-state index is 12.2. The summed E-state index contributed by atoms with van der Waals surface area (Å²) in [7, 11) is 0. The maximum atomic E-state index is 12.2. The van der Waals surface area contributed by atoms with Crippen LogP contribution in [0.4, 0.5) is 0 Å². The second-order valence-electron chi connectivity index (χ2n) is 11.0. The number of ether oxygens (including phenoxy) is 2. The van der Waals surface area contributed by atoms with Crippen LogP contribution in [0.25, 0.3) is 17.0 Å². The van der Waals surface area contributed by atoms with Crippen LogP contribution in [0.1, 0.15) is 123 Å². The number of H-pyrrole nitrogens is 1. The third-order valence-electron chi connectivity index (χ3n) is 7.32. The van der Waals surface area contributed by atoms with Gasteiger partial charge in [0.05, 0.1) is 10.0 Å². The summed E-state index contributed by atoms with van der Waals surface area (Å²) < 4.78 is 12.5.